The van der Waals surface area contributed by atoms with E-state index >= 15 is 0 Å². The van der Waals surface area contributed by atoms with Crippen LogP contribution in [0, 0.1) is 0 Å². The summed E-state index contributed by atoms with van der Waals surface area (Å²) in [6.07, 6.45) is -0.0196. The van der Waals surface area contributed by atoms with Crippen LogP contribution in [0.3, 0.4) is 0 Å². The zero-order valence-electron chi connectivity index (χ0n) is 11.4. The van der Waals surface area contributed by atoms with Crippen molar-refractivity contribution in [1.29, 1.82) is 0 Å². The van der Waals surface area contributed by atoms with E-state index < -0.39 is 0 Å². The number of hydrogen-bond donors (Lipinski definition) is 1. The highest BCUT2D eigenvalue weighted by Crippen LogP contribution is 2.12. The summed E-state index contributed by atoms with van der Waals surface area (Å²) >= 11 is 0. The Kier molecular flexibility index (Phi) is 4.81. The van der Waals surface area contributed by atoms with Gasteiger partial charge in [-0.2, -0.15) is 0 Å². The van der Waals surface area contributed by atoms with Crippen LogP contribution in [0.2, 0.25) is 0 Å². The van der Waals surface area contributed by atoms with Crippen LogP contribution in [-0.2, 0) is 16.0 Å². The van der Waals surface area contributed by atoms with Gasteiger partial charge in [-0.25, -0.2) is 4.79 Å². The Morgan fingerprint density at radius 2 is 2.35 bits per heavy atom. The first kappa shape index (κ1) is 14.2. The number of carbonyl (C=O) groups excluding carboxylic acids is 2. The third-order valence-corrected chi connectivity index (χ3v) is 3.05. The minimum absolute atomic E-state index is 0.0779. The quantitative estimate of drug-likeness (QED) is 0.836. The Bertz CT molecular complexity index is 490. The number of cyclic esters (lactones) is 1. The first-order chi connectivity index (χ1) is 9.69. The molecule has 1 N–H and O–H groups in total. The van der Waals surface area contributed by atoms with Gasteiger partial charge in [0.15, 0.2) is 0 Å². The molecular weight excluding hydrogens is 260 g/mol. The Hall–Kier alpha value is -2.24. The molecule has 6 nitrogen and oxygen atoms in total. The first-order valence-corrected chi connectivity index (χ1v) is 6.50. The molecule has 0 saturated carbocycles. The van der Waals surface area contributed by atoms with Crippen molar-refractivity contribution in [2.75, 3.05) is 33.4 Å². The average molecular weight is 278 g/mol. The molecule has 0 atom stereocenters. The molecule has 20 heavy (non-hydrogen) atoms. The molecule has 6 heteroatoms. The minimum atomic E-state index is -0.313. The second-order valence-electron chi connectivity index (χ2n) is 4.48. The van der Waals surface area contributed by atoms with Crippen LogP contribution in [-0.4, -0.2) is 50.3 Å². The maximum absolute atomic E-state index is 11.8. The molecule has 1 aliphatic heterocycles. The van der Waals surface area contributed by atoms with Crippen LogP contribution in [0.15, 0.2) is 24.3 Å². The molecule has 1 fully saturated rings. The van der Waals surface area contributed by atoms with Crippen molar-refractivity contribution in [2.24, 2.45) is 0 Å². The highest BCUT2D eigenvalue weighted by molar-refractivity contribution is 5.78. The second kappa shape index (κ2) is 6.79. The van der Waals surface area contributed by atoms with Gasteiger partial charge in [0.05, 0.1) is 20.1 Å². The van der Waals surface area contributed by atoms with Gasteiger partial charge in [-0.15, -0.1) is 0 Å². The molecule has 1 aromatic rings. The molecular formula is C14H18N2O4. The summed E-state index contributed by atoms with van der Waals surface area (Å²) in [5.74, 6) is 0.654. The third kappa shape index (κ3) is 3.88. The molecule has 0 unspecified atom stereocenters. The lowest BCUT2D eigenvalue weighted by molar-refractivity contribution is -0.120. The number of amides is 2. The fourth-order valence-electron chi connectivity index (χ4n) is 1.99. The number of methoxy groups -OCH3 is 1. The average Bonchev–Trinajstić information content (AvgIpc) is 2.85. The molecule has 0 radical (unpaired) electrons. The van der Waals surface area contributed by atoms with Crippen molar-refractivity contribution in [2.45, 2.75) is 6.42 Å². The Balaban J connectivity index is 1.73. The van der Waals surface area contributed by atoms with E-state index in [0.29, 0.717) is 32.7 Å². The third-order valence-electron chi connectivity index (χ3n) is 3.05. The number of carbonyl (C=O) groups is 2. The molecule has 0 bridgehead atoms. The molecule has 108 valence electrons. The van der Waals surface area contributed by atoms with E-state index in [1.165, 1.54) is 0 Å². The lowest BCUT2D eigenvalue weighted by Crippen LogP contribution is -2.36. The summed E-state index contributed by atoms with van der Waals surface area (Å²) in [6.45, 7) is 1.92. The zero-order valence-corrected chi connectivity index (χ0v) is 11.4. The van der Waals surface area contributed by atoms with Gasteiger partial charge in [0.25, 0.3) is 0 Å². The lowest BCUT2D eigenvalue weighted by atomic mass is 10.1. The topological polar surface area (TPSA) is 67.9 Å². The van der Waals surface area contributed by atoms with Gasteiger partial charge in [-0.3, -0.25) is 4.79 Å². The Morgan fingerprint density at radius 1 is 1.50 bits per heavy atom. The van der Waals surface area contributed by atoms with Crippen molar-refractivity contribution in [3.63, 3.8) is 0 Å². The van der Waals surface area contributed by atoms with E-state index in [0.717, 1.165) is 11.3 Å². The van der Waals surface area contributed by atoms with Crippen LogP contribution < -0.4 is 10.1 Å². The number of hydrogen-bond acceptors (Lipinski definition) is 4. The summed E-state index contributed by atoms with van der Waals surface area (Å²) in [5.41, 5.74) is 0.891. The van der Waals surface area contributed by atoms with Gasteiger partial charge in [-0.1, -0.05) is 12.1 Å². The fourth-order valence-corrected chi connectivity index (χ4v) is 1.99. The monoisotopic (exact) mass is 278 g/mol. The van der Waals surface area contributed by atoms with E-state index in [1.54, 1.807) is 12.0 Å². The van der Waals surface area contributed by atoms with Crippen LogP contribution in [0.25, 0.3) is 0 Å². The standard InChI is InChI=1S/C14H18N2O4/c1-19-12-4-2-3-11(9-12)10-13(17)15-5-6-16-7-8-20-14(16)18/h2-4,9H,5-8,10H2,1H3,(H,15,17). The first-order valence-electron chi connectivity index (χ1n) is 6.50. The van der Waals surface area contributed by atoms with Crippen LogP contribution in [0.1, 0.15) is 5.56 Å². The maximum Gasteiger partial charge on any atom is 0.409 e. The maximum atomic E-state index is 11.8. The molecule has 1 heterocycles. The van der Waals surface area contributed by atoms with Gasteiger partial charge in [0.1, 0.15) is 12.4 Å². The van der Waals surface area contributed by atoms with Gasteiger partial charge in [0.2, 0.25) is 5.91 Å². The van der Waals surface area contributed by atoms with Crippen LogP contribution >= 0.6 is 0 Å². The van der Waals surface area contributed by atoms with E-state index in [4.69, 9.17) is 9.47 Å². The van der Waals surface area contributed by atoms with E-state index in [9.17, 15) is 9.59 Å². The fraction of sp³-hybridized carbons (Fsp3) is 0.429. The van der Waals surface area contributed by atoms with Crippen LogP contribution in [0.4, 0.5) is 4.79 Å². The summed E-state index contributed by atoms with van der Waals surface area (Å²) in [4.78, 5) is 24.5. The highest BCUT2D eigenvalue weighted by atomic mass is 16.6. The zero-order chi connectivity index (χ0) is 14.4. The Labute approximate surface area is 117 Å². The number of nitrogens with one attached hydrogen (secondary N) is 1. The lowest BCUT2D eigenvalue weighted by Gasteiger charge is -2.13. The predicted octanol–water partition coefficient (Wildman–Crippen LogP) is 0.806. The smallest absolute Gasteiger partial charge is 0.409 e. The van der Waals surface area contributed by atoms with Crippen molar-refractivity contribution in [3.8, 4) is 5.75 Å². The van der Waals surface area contributed by atoms with Gasteiger partial charge in [-0.05, 0) is 17.7 Å². The van der Waals surface area contributed by atoms with Crippen molar-refractivity contribution in [3.05, 3.63) is 29.8 Å². The summed E-state index contributed by atoms with van der Waals surface area (Å²) < 4.78 is 9.91. The molecule has 0 aromatic heterocycles. The minimum Gasteiger partial charge on any atom is -0.497 e. The summed E-state index contributed by atoms with van der Waals surface area (Å²) in [7, 11) is 1.59. The largest absolute Gasteiger partial charge is 0.497 e. The SMILES string of the molecule is COc1cccc(CC(=O)NCCN2CCOC2=O)c1. The van der Waals surface area contributed by atoms with Crippen LogP contribution in [0.5, 0.6) is 5.75 Å². The molecule has 0 spiro atoms. The molecule has 2 amide bonds. The summed E-state index contributed by atoms with van der Waals surface area (Å²) in [6, 6.07) is 7.39. The predicted molar refractivity (Wildman–Crippen MR) is 72.6 cm³/mol. The van der Waals surface area contributed by atoms with Crippen molar-refractivity contribution < 1.29 is 19.1 Å². The molecule has 2 rings (SSSR count). The molecule has 1 aliphatic rings. The normalized spacial score (nSPS) is 14.1. The number of nitrogens with zero attached hydrogens (tertiary/aromatic N) is 1. The highest BCUT2D eigenvalue weighted by Gasteiger charge is 2.21. The van der Waals surface area contributed by atoms with E-state index in [-0.39, 0.29) is 12.0 Å². The van der Waals surface area contributed by atoms with E-state index in [2.05, 4.69) is 5.32 Å². The molecule has 1 aromatic carbocycles. The summed E-state index contributed by atoms with van der Waals surface area (Å²) in [5, 5.41) is 2.79. The number of ether oxygens (including phenoxy) is 2. The van der Waals surface area contributed by atoms with Crippen molar-refractivity contribution >= 4 is 12.0 Å². The van der Waals surface area contributed by atoms with Gasteiger partial charge in [0, 0.05) is 13.1 Å². The van der Waals surface area contributed by atoms with E-state index in [1.807, 2.05) is 24.3 Å². The molecule has 1 saturated heterocycles. The van der Waals surface area contributed by atoms with Gasteiger partial charge < -0.3 is 19.7 Å². The van der Waals surface area contributed by atoms with Crippen molar-refractivity contribution in [1.82, 2.24) is 10.2 Å². The Morgan fingerprint density at radius 3 is 3.05 bits per heavy atom. The van der Waals surface area contributed by atoms with Gasteiger partial charge >= 0.3 is 6.09 Å². The number of benzene rings is 1. The molecule has 0 aliphatic carbocycles. The number of rotatable bonds is 6. The second-order valence-corrected chi connectivity index (χ2v) is 4.48.